The van der Waals surface area contributed by atoms with E-state index in [-0.39, 0.29) is 10.9 Å². The van der Waals surface area contributed by atoms with E-state index in [2.05, 4.69) is 14.5 Å². The molecule has 3 heterocycles. The van der Waals surface area contributed by atoms with E-state index < -0.39 is 15.8 Å². The first-order valence-electron chi connectivity index (χ1n) is 8.52. The number of aromatic nitrogens is 3. The minimum Gasteiger partial charge on any atom is -0.310 e. The number of benzene rings is 1. The SMILES string of the molecule is Cc1nc2cccnc2n1C1CCN(S(=O)(=O)c2ccc(F)cc2)CC1. The molecule has 0 amide bonds. The van der Waals surface area contributed by atoms with Crippen LogP contribution >= 0.6 is 0 Å². The molecule has 4 rings (SSSR count). The van der Waals surface area contributed by atoms with Gasteiger partial charge in [-0.1, -0.05) is 0 Å². The molecule has 6 nitrogen and oxygen atoms in total. The number of piperidine rings is 1. The van der Waals surface area contributed by atoms with Gasteiger partial charge in [-0.3, -0.25) is 0 Å². The third kappa shape index (κ3) is 2.89. The van der Waals surface area contributed by atoms with Crippen LogP contribution in [-0.4, -0.2) is 40.3 Å². The lowest BCUT2D eigenvalue weighted by Crippen LogP contribution is -2.39. The normalized spacial score (nSPS) is 17.0. The molecule has 3 aromatic rings. The van der Waals surface area contributed by atoms with Gasteiger partial charge in [-0.2, -0.15) is 4.31 Å². The van der Waals surface area contributed by atoms with Crippen molar-refractivity contribution in [2.45, 2.75) is 30.7 Å². The standard InChI is InChI=1S/C18H19FN4O2S/c1-13-21-17-3-2-10-20-18(17)23(13)15-8-11-22(12-9-15)26(24,25)16-6-4-14(19)5-7-16/h2-7,10,15H,8-9,11-12H2,1H3. The number of fused-ring (bicyclic) bond motifs is 1. The summed E-state index contributed by atoms with van der Waals surface area (Å²) in [7, 11) is -3.60. The number of nitrogens with zero attached hydrogens (tertiary/aromatic N) is 4. The summed E-state index contributed by atoms with van der Waals surface area (Å²) in [6.07, 6.45) is 3.11. The number of sulfonamides is 1. The second-order valence-electron chi connectivity index (χ2n) is 6.46. The number of hydrogen-bond donors (Lipinski definition) is 0. The van der Waals surface area contributed by atoms with Crippen molar-refractivity contribution >= 4 is 21.2 Å². The molecular weight excluding hydrogens is 355 g/mol. The maximum atomic E-state index is 13.1. The Morgan fingerprint density at radius 2 is 1.81 bits per heavy atom. The highest BCUT2D eigenvalue weighted by atomic mass is 32.2. The molecule has 136 valence electrons. The van der Waals surface area contributed by atoms with Crippen molar-refractivity contribution in [3.63, 3.8) is 0 Å². The Morgan fingerprint density at radius 1 is 1.12 bits per heavy atom. The van der Waals surface area contributed by atoms with Crippen molar-refractivity contribution in [3.05, 3.63) is 54.2 Å². The number of aryl methyl sites for hydroxylation is 1. The van der Waals surface area contributed by atoms with Gasteiger partial charge < -0.3 is 4.57 Å². The van der Waals surface area contributed by atoms with Crippen LogP contribution in [0.4, 0.5) is 4.39 Å². The van der Waals surface area contributed by atoms with Crippen LogP contribution in [0, 0.1) is 12.7 Å². The van der Waals surface area contributed by atoms with Crippen LogP contribution in [0.25, 0.3) is 11.2 Å². The molecule has 0 saturated carbocycles. The fourth-order valence-electron chi connectivity index (χ4n) is 3.58. The van der Waals surface area contributed by atoms with Crippen LogP contribution in [0.15, 0.2) is 47.5 Å². The van der Waals surface area contributed by atoms with Crippen molar-refractivity contribution in [3.8, 4) is 0 Å². The van der Waals surface area contributed by atoms with Crippen LogP contribution < -0.4 is 0 Å². The smallest absolute Gasteiger partial charge is 0.243 e. The molecule has 1 aliphatic heterocycles. The highest BCUT2D eigenvalue weighted by Gasteiger charge is 2.31. The number of rotatable bonds is 3. The Morgan fingerprint density at radius 3 is 2.50 bits per heavy atom. The second kappa shape index (κ2) is 6.44. The number of pyridine rings is 1. The summed E-state index contributed by atoms with van der Waals surface area (Å²) in [6.45, 7) is 2.77. The van der Waals surface area contributed by atoms with Crippen LogP contribution in [0.5, 0.6) is 0 Å². The molecule has 0 bridgehead atoms. The molecular formula is C18H19FN4O2S. The van der Waals surface area contributed by atoms with E-state index in [0.29, 0.717) is 25.9 Å². The molecule has 0 spiro atoms. The van der Waals surface area contributed by atoms with Gasteiger partial charge in [0, 0.05) is 25.3 Å². The highest BCUT2D eigenvalue weighted by Crippen LogP contribution is 2.30. The molecule has 0 atom stereocenters. The van der Waals surface area contributed by atoms with E-state index in [1.165, 1.54) is 28.6 Å². The zero-order valence-electron chi connectivity index (χ0n) is 14.3. The monoisotopic (exact) mass is 374 g/mol. The molecule has 0 N–H and O–H groups in total. The zero-order chi connectivity index (χ0) is 18.3. The Kier molecular flexibility index (Phi) is 4.24. The fourth-order valence-corrected chi connectivity index (χ4v) is 5.05. The summed E-state index contributed by atoms with van der Waals surface area (Å²) in [6, 6.07) is 8.92. The van der Waals surface area contributed by atoms with E-state index in [1.807, 2.05) is 19.1 Å². The molecule has 26 heavy (non-hydrogen) atoms. The Bertz CT molecular complexity index is 1040. The van der Waals surface area contributed by atoms with E-state index in [9.17, 15) is 12.8 Å². The quantitative estimate of drug-likeness (QED) is 0.707. The number of imidazole rings is 1. The van der Waals surface area contributed by atoms with E-state index >= 15 is 0 Å². The first-order chi connectivity index (χ1) is 12.5. The van der Waals surface area contributed by atoms with Crippen molar-refractivity contribution in [1.29, 1.82) is 0 Å². The van der Waals surface area contributed by atoms with Crippen LogP contribution in [-0.2, 0) is 10.0 Å². The minimum absolute atomic E-state index is 0.128. The van der Waals surface area contributed by atoms with Gasteiger partial charge in [0.15, 0.2) is 5.65 Å². The summed E-state index contributed by atoms with van der Waals surface area (Å²) in [5, 5.41) is 0. The molecule has 0 unspecified atom stereocenters. The lowest BCUT2D eigenvalue weighted by atomic mass is 10.1. The largest absolute Gasteiger partial charge is 0.310 e. The molecule has 2 aromatic heterocycles. The lowest BCUT2D eigenvalue weighted by Gasteiger charge is -2.32. The van der Waals surface area contributed by atoms with Crippen LogP contribution in [0.2, 0.25) is 0 Å². The number of hydrogen-bond acceptors (Lipinski definition) is 4. The van der Waals surface area contributed by atoms with Crippen LogP contribution in [0.1, 0.15) is 24.7 Å². The topological polar surface area (TPSA) is 68.1 Å². The number of halogens is 1. The van der Waals surface area contributed by atoms with Gasteiger partial charge in [0.25, 0.3) is 0 Å². The molecule has 1 saturated heterocycles. The highest BCUT2D eigenvalue weighted by molar-refractivity contribution is 7.89. The maximum Gasteiger partial charge on any atom is 0.243 e. The summed E-state index contributed by atoms with van der Waals surface area (Å²) in [5.74, 6) is 0.441. The summed E-state index contributed by atoms with van der Waals surface area (Å²) in [4.78, 5) is 9.11. The Labute approximate surface area is 151 Å². The van der Waals surface area contributed by atoms with Crippen LogP contribution in [0.3, 0.4) is 0 Å². The van der Waals surface area contributed by atoms with E-state index in [1.54, 1.807) is 6.20 Å². The van der Waals surface area contributed by atoms with Gasteiger partial charge in [0.2, 0.25) is 10.0 Å². The summed E-state index contributed by atoms with van der Waals surface area (Å²) < 4.78 is 42.1. The van der Waals surface area contributed by atoms with E-state index in [4.69, 9.17) is 0 Å². The summed E-state index contributed by atoms with van der Waals surface area (Å²) in [5.41, 5.74) is 1.69. The van der Waals surface area contributed by atoms with Gasteiger partial charge in [-0.15, -0.1) is 0 Å². The molecule has 8 heteroatoms. The molecule has 1 aliphatic rings. The van der Waals surface area contributed by atoms with Crippen molar-refractivity contribution in [1.82, 2.24) is 18.8 Å². The molecule has 0 radical (unpaired) electrons. The molecule has 1 fully saturated rings. The fraction of sp³-hybridized carbons (Fsp3) is 0.333. The van der Waals surface area contributed by atoms with Crippen molar-refractivity contribution in [2.24, 2.45) is 0 Å². The second-order valence-corrected chi connectivity index (χ2v) is 8.40. The first kappa shape index (κ1) is 17.1. The average molecular weight is 374 g/mol. The predicted molar refractivity (Wildman–Crippen MR) is 95.7 cm³/mol. The Hall–Kier alpha value is -2.32. The predicted octanol–water partition coefficient (Wildman–Crippen LogP) is 2.90. The van der Waals surface area contributed by atoms with Gasteiger partial charge >= 0.3 is 0 Å². The van der Waals surface area contributed by atoms with Crippen molar-refractivity contribution in [2.75, 3.05) is 13.1 Å². The average Bonchev–Trinajstić information content (AvgIpc) is 2.98. The van der Waals surface area contributed by atoms with Gasteiger partial charge in [0.05, 0.1) is 4.90 Å². The zero-order valence-corrected chi connectivity index (χ0v) is 15.2. The lowest BCUT2D eigenvalue weighted by molar-refractivity contribution is 0.274. The van der Waals surface area contributed by atoms with Gasteiger partial charge in [-0.05, 0) is 56.2 Å². The Balaban J connectivity index is 1.55. The van der Waals surface area contributed by atoms with Crippen molar-refractivity contribution < 1.29 is 12.8 Å². The third-order valence-corrected chi connectivity index (χ3v) is 6.78. The molecule has 0 aliphatic carbocycles. The van der Waals surface area contributed by atoms with E-state index in [0.717, 1.165) is 17.0 Å². The third-order valence-electron chi connectivity index (χ3n) is 4.87. The molecule has 1 aromatic carbocycles. The van der Waals surface area contributed by atoms with Gasteiger partial charge in [0.1, 0.15) is 17.2 Å². The van der Waals surface area contributed by atoms with Gasteiger partial charge in [-0.25, -0.2) is 22.8 Å². The summed E-state index contributed by atoms with van der Waals surface area (Å²) >= 11 is 0. The maximum absolute atomic E-state index is 13.1. The first-order valence-corrected chi connectivity index (χ1v) is 9.96. The minimum atomic E-state index is -3.60.